The number of aryl methyl sites for hydroxylation is 3. The Kier molecular flexibility index (Phi) is 13.8. The van der Waals surface area contributed by atoms with Crippen molar-refractivity contribution in [2.75, 3.05) is 50.2 Å². The lowest BCUT2D eigenvalue weighted by atomic mass is 10.0. The summed E-state index contributed by atoms with van der Waals surface area (Å²) in [6.07, 6.45) is 6.37. The molecule has 0 saturated heterocycles. The monoisotopic (exact) mass is 696 g/mol. The fourth-order valence-electron chi connectivity index (χ4n) is 5.03. The number of nitrogens with two attached hydrogens (primary N) is 2. The molecule has 0 unspecified atom stereocenters. The van der Waals surface area contributed by atoms with Crippen molar-refractivity contribution < 1.29 is 0 Å². The van der Waals surface area contributed by atoms with E-state index in [4.69, 9.17) is 16.2 Å². The van der Waals surface area contributed by atoms with Crippen molar-refractivity contribution >= 4 is 33.9 Å². The smallest absolute Gasteiger partial charge is 0.227 e. The van der Waals surface area contributed by atoms with Crippen molar-refractivity contribution in [2.45, 2.75) is 26.3 Å². The van der Waals surface area contributed by atoms with Crippen molar-refractivity contribution in [2.24, 2.45) is 84.2 Å². The molecule has 0 spiro atoms. The molecule has 0 bridgehead atoms. The van der Waals surface area contributed by atoms with E-state index in [9.17, 15) is 0 Å². The lowest BCUT2D eigenvalue weighted by Crippen LogP contribution is -2.29. The number of nitrogen functional groups attached to an aromatic ring is 1. The number of anilines is 4. The molecule has 0 fully saturated rings. The van der Waals surface area contributed by atoms with E-state index in [0.29, 0.717) is 5.95 Å². The third-order valence-electron chi connectivity index (χ3n) is 7.25. The number of nitrogens with zero attached hydrogens (tertiary/aromatic N) is 20. The summed E-state index contributed by atoms with van der Waals surface area (Å²) in [5.41, 5.74) is 21.2. The van der Waals surface area contributed by atoms with Crippen LogP contribution in [0.1, 0.15) is 17.5 Å². The fraction of sp³-hybridized carbons (Fsp3) is 0.333. The first-order chi connectivity index (χ1) is 24.8. The summed E-state index contributed by atoms with van der Waals surface area (Å²) in [6, 6.07) is 12.7. The zero-order valence-electron chi connectivity index (χ0n) is 28.3. The Labute approximate surface area is 290 Å². The van der Waals surface area contributed by atoms with Crippen LogP contribution in [0.4, 0.5) is 23.0 Å². The maximum atomic E-state index is 6.43. The topological polar surface area (TPSA) is 311 Å². The maximum absolute atomic E-state index is 6.43. The lowest BCUT2D eigenvalue weighted by Gasteiger charge is -2.24. The zero-order chi connectivity index (χ0) is 36.4. The molecule has 5 rings (SSSR count). The van der Waals surface area contributed by atoms with Gasteiger partial charge in [0.15, 0.2) is 0 Å². The van der Waals surface area contributed by atoms with Crippen LogP contribution in [0.5, 0.6) is 0 Å². The minimum Gasteiger partial charge on any atom is -0.397 e. The number of hydrogen-bond donors (Lipinski definition) is 4. The Balaban J connectivity index is 0.000000292. The highest BCUT2D eigenvalue weighted by Crippen LogP contribution is 2.35. The van der Waals surface area contributed by atoms with E-state index in [0.717, 1.165) is 59.9 Å². The zero-order valence-corrected chi connectivity index (χ0v) is 28.3. The maximum Gasteiger partial charge on any atom is 0.227 e. The van der Waals surface area contributed by atoms with Crippen molar-refractivity contribution in [1.29, 1.82) is 5.53 Å². The Morgan fingerprint density at radius 2 is 1.55 bits per heavy atom. The number of aromatic nitrogens is 3. The van der Waals surface area contributed by atoms with Gasteiger partial charge >= 0.3 is 0 Å². The highest BCUT2D eigenvalue weighted by molar-refractivity contribution is 5.97. The third-order valence-corrected chi connectivity index (χ3v) is 7.25. The molecule has 0 atom stereocenters. The number of hydrogen-bond acceptors (Lipinski definition) is 8. The van der Waals surface area contributed by atoms with Gasteiger partial charge in [0.2, 0.25) is 5.95 Å². The van der Waals surface area contributed by atoms with Crippen LogP contribution in [0.2, 0.25) is 0 Å². The van der Waals surface area contributed by atoms with Gasteiger partial charge in [-0.1, -0.05) is 23.4 Å². The molecule has 1 aliphatic rings. The summed E-state index contributed by atoms with van der Waals surface area (Å²) >= 11 is 0. The van der Waals surface area contributed by atoms with Gasteiger partial charge in [-0.25, -0.2) is 9.97 Å². The molecule has 0 radical (unpaired) electrons. The first kappa shape index (κ1) is 36.8. The second kappa shape index (κ2) is 19.1. The van der Waals surface area contributed by atoms with E-state index >= 15 is 0 Å². The molecule has 51 heavy (non-hydrogen) atoms. The minimum atomic E-state index is 0.570. The molecule has 3 heterocycles. The van der Waals surface area contributed by atoms with Gasteiger partial charge in [-0.05, 0) is 136 Å². The SMILES string of the molecule is Cc1cc(N(C)CCN(C)C)c(N)cc1Nc1nccc(-c2cn3c4c(cccc24)CCC3)n1.N=N/N=N/N=N/N=N/N=N/N=N/N=N/N=N/N. The summed E-state index contributed by atoms with van der Waals surface area (Å²) < 4.78 is 2.37. The largest absolute Gasteiger partial charge is 0.397 e. The van der Waals surface area contributed by atoms with Gasteiger partial charge in [0.05, 0.1) is 22.6 Å². The van der Waals surface area contributed by atoms with Crippen LogP contribution in [0.15, 0.2) is 127 Å². The lowest BCUT2D eigenvalue weighted by molar-refractivity contribution is 0.416. The average Bonchev–Trinajstić information content (AvgIpc) is 3.51. The Bertz CT molecular complexity index is 1970. The Hall–Kier alpha value is -6.98. The first-order valence-corrected chi connectivity index (χ1v) is 15.2. The molecule has 6 N–H and O–H groups in total. The van der Waals surface area contributed by atoms with Crippen LogP contribution in [0.25, 0.3) is 22.2 Å². The predicted octanol–water partition coefficient (Wildman–Crippen LogP) is 7.14. The van der Waals surface area contributed by atoms with Gasteiger partial charge in [0.25, 0.3) is 0 Å². The molecule has 0 amide bonds. The van der Waals surface area contributed by atoms with Gasteiger partial charge in [0.1, 0.15) is 0 Å². The molecule has 2 aromatic heterocycles. The highest BCUT2D eigenvalue weighted by Gasteiger charge is 2.18. The quantitative estimate of drug-likeness (QED) is 0.0456. The minimum absolute atomic E-state index is 0.570. The van der Waals surface area contributed by atoms with Gasteiger partial charge in [-0.2, -0.15) is 5.53 Å². The van der Waals surface area contributed by atoms with Gasteiger partial charge < -0.3 is 31.3 Å². The Morgan fingerprint density at radius 3 is 2.20 bits per heavy atom. The van der Waals surface area contributed by atoms with Crippen LogP contribution >= 0.6 is 0 Å². The molecule has 4 aromatic rings. The number of nitrogens with one attached hydrogen (secondary N) is 2. The number of likely N-dealkylation sites (N-methyl/N-ethyl adjacent to an activating group) is 2. The molecular weight excluding hydrogens is 660 g/mol. The van der Waals surface area contributed by atoms with Crippen molar-refractivity contribution in [3.8, 4) is 11.3 Å². The van der Waals surface area contributed by atoms with Crippen LogP contribution < -0.4 is 21.8 Å². The van der Waals surface area contributed by atoms with Gasteiger partial charge in [-0.3, -0.25) is 0 Å². The van der Waals surface area contributed by atoms with Crippen LogP contribution in [-0.4, -0.2) is 53.7 Å². The van der Waals surface area contributed by atoms with Gasteiger partial charge in [0, 0.05) is 55.7 Å². The molecule has 0 aliphatic carbocycles. The summed E-state index contributed by atoms with van der Waals surface area (Å²) in [7, 11) is 6.23. The summed E-state index contributed by atoms with van der Waals surface area (Å²) in [5.74, 6) is 5.15. The molecule has 1 aliphatic heterocycles. The second-order valence-electron chi connectivity index (χ2n) is 10.9. The van der Waals surface area contributed by atoms with Crippen molar-refractivity contribution in [1.82, 2.24) is 19.4 Å². The fourth-order valence-corrected chi connectivity index (χ4v) is 5.03. The van der Waals surface area contributed by atoms with E-state index in [1.54, 1.807) is 0 Å². The summed E-state index contributed by atoms with van der Waals surface area (Å²) in [6.45, 7) is 5.01. The summed E-state index contributed by atoms with van der Waals surface area (Å²) in [5, 5.41) is 47.9. The Morgan fingerprint density at radius 1 is 0.882 bits per heavy atom. The highest BCUT2D eigenvalue weighted by atomic mass is 15.7. The molecule has 24 heteroatoms. The van der Waals surface area contributed by atoms with E-state index in [2.05, 4.69) is 167 Å². The number of benzene rings is 2. The van der Waals surface area contributed by atoms with E-state index in [-0.39, 0.29) is 0 Å². The number of rotatable bonds is 14. The second-order valence-corrected chi connectivity index (χ2v) is 10.9. The van der Waals surface area contributed by atoms with Crippen LogP contribution in [0.3, 0.4) is 0 Å². The van der Waals surface area contributed by atoms with E-state index in [1.165, 1.54) is 22.9 Å². The number of para-hydroxylation sites is 1. The standard InChI is InChI=1S/C27H33N7.H3N17/c1-18-15-25(33(4)14-13-32(2)3)22(28)16-24(18)31-27-29-11-10-23(30-27)21-17-34-12-6-8-19-7-5-9-20(21)26(19)34;1-3-5-7-9-11-13-15-17-16-14-12-10-8-6-4-2/h5,7,9-11,15-17H,6,8,12-14,28H2,1-4H3,(H,29,30,31);(H3,1,2,5,6,9,10,13,14,17). The molecular formula is C27H36N24. The van der Waals surface area contributed by atoms with E-state index in [1.807, 2.05) is 18.3 Å². The molecule has 2 aromatic carbocycles. The predicted molar refractivity (Wildman–Crippen MR) is 185 cm³/mol. The molecule has 0 saturated carbocycles. The van der Waals surface area contributed by atoms with E-state index < -0.39 is 0 Å². The third kappa shape index (κ3) is 10.8. The van der Waals surface area contributed by atoms with Gasteiger partial charge in [-0.15, -0.1) is 0 Å². The molecule has 24 nitrogen and oxygen atoms in total. The van der Waals surface area contributed by atoms with Crippen LogP contribution in [0, 0.1) is 12.5 Å². The summed E-state index contributed by atoms with van der Waals surface area (Å²) in [4.78, 5) is 13.7. The van der Waals surface area contributed by atoms with Crippen LogP contribution in [-0.2, 0) is 13.0 Å². The first-order valence-electron chi connectivity index (χ1n) is 15.2. The van der Waals surface area contributed by atoms with Crippen molar-refractivity contribution in [3.63, 3.8) is 0 Å². The normalized spacial score (nSPS) is 13.3. The van der Waals surface area contributed by atoms with Crippen molar-refractivity contribution in [3.05, 3.63) is 59.9 Å². The average molecular weight is 697 g/mol. The molecule has 264 valence electrons.